The van der Waals surface area contributed by atoms with Gasteiger partial charge in [-0.1, -0.05) is 12.1 Å². The summed E-state index contributed by atoms with van der Waals surface area (Å²) < 4.78 is 2.03. The van der Waals surface area contributed by atoms with E-state index in [9.17, 15) is 14.7 Å². The fourth-order valence-electron chi connectivity index (χ4n) is 3.37. The number of nitrogens with one attached hydrogen (secondary N) is 2. The van der Waals surface area contributed by atoms with E-state index in [2.05, 4.69) is 15.6 Å². The molecule has 2 heterocycles. The lowest BCUT2D eigenvalue weighted by molar-refractivity contribution is -0.139. The highest BCUT2D eigenvalue weighted by Gasteiger charge is 2.20. The topological polar surface area (TPSA) is 122 Å². The highest BCUT2D eigenvalue weighted by Crippen LogP contribution is 2.18. The van der Waals surface area contributed by atoms with Gasteiger partial charge in [0.2, 0.25) is 0 Å². The Hall–Kier alpha value is -3.01. The van der Waals surface area contributed by atoms with Crippen LogP contribution in [-0.2, 0) is 24.8 Å². The summed E-state index contributed by atoms with van der Waals surface area (Å²) in [4.78, 5) is 28.4. The molecular formula is C23H29N5O3S. The first kappa shape index (κ1) is 23.6. The maximum absolute atomic E-state index is 12.5. The number of aryl methyl sites for hydroxylation is 1. The molecule has 0 radical (unpaired) electrons. The SMILES string of the molecule is Cn1cccc1CNCCCC(NC(=O)c1ccc(C(N)Cc2nccs2)cc1)C(=O)O. The minimum absolute atomic E-state index is 0.215. The fourth-order valence-corrected chi connectivity index (χ4v) is 4.04. The van der Waals surface area contributed by atoms with Crippen molar-refractivity contribution in [2.24, 2.45) is 12.8 Å². The number of thiazole rings is 1. The molecule has 32 heavy (non-hydrogen) atoms. The Balaban J connectivity index is 1.46. The Kier molecular flexibility index (Phi) is 8.55. The van der Waals surface area contributed by atoms with Gasteiger partial charge in [-0.25, -0.2) is 9.78 Å². The Morgan fingerprint density at radius 2 is 2.03 bits per heavy atom. The van der Waals surface area contributed by atoms with Crippen LogP contribution >= 0.6 is 11.3 Å². The molecule has 0 aliphatic rings. The maximum atomic E-state index is 12.5. The number of aromatic nitrogens is 2. The lowest BCUT2D eigenvalue weighted by atomic mass is 10.0. The lowest BCUT2D eigenvalue weighted by Crippen LogP contribution is -2.41. The molecule has 0 saturated heterocycles. The summed E-state index contributed by atoms with van der Waals surface area (Å²) in [6.45, 7) is 1.38. The summed E-state index contributed by atoms with van der Waals surface area (Å²) >= 11 is 1.56. The van der Waals surface area contributed by atoms with Gasteiger partial charge in [0, 0.05) is 55.1 Å². The van der Waals surface area contributed by atoms with Crippen LogP contribution in [-0.4, -0.2) is 39.1 Å². The van der Waals surface area contributed by atoms with Crippen molar-refractivity contribution in [3.8, 4) is 0 Å². The first-order valence-corrected chi connectivity index (χ1v) is 11.4. The number of carboxylic acid groups (broad SMARTS) is 1. The smallest absolute Gasteiger partial charge is 0.326 e. The van der Waals surface area contributed by atoms with E-state index < -0.39 is 17.9 Å². The van der Waals surface area contributed by atoms with Crippen LogP contribution < -0.4 is 16.4 Å². The van der Waals surface area contributed by atoms with Crippen molar-refractivity contribution in [1.82, 2.24) is 20.2 Å². The number of aliphatic carboxylic acids is 1. The third-order valence-corrected chi connectivity index (χ3v) is 6.09. The molecule has 0 aliphatic heterocycles. The largest absolute Gasteiger partial charge is 0.480 e. The summed E-state index contributed by atoms with van der Waals surface area (Å²) in [7, 11) is 1.98. The molecule has 0 bridgehead atoms. The molecule has 1 aromatic carbocycles. The van der Waals surface area contributed by atoms with Crippen molar-refractivity contribution in [1.29, 1.82) is 0 Å². The summed E-state index contributed by atoms with van der Waals surface area (Å²) in [6.07, 6.45) is 5.33. The van der Waals surface area contributed by atoms with E-state index in [1.54, 1.807) is 41.8 Å². The van der Waals surface area contributed by atoms with Crippen LogP contribution in [0.3, 0.4) is 0 Å². The van der Waals surface area contributed by atoms with Crippen molar-refractivity contribution in [3.05, 3.63) is 76.0 Å². The highest BCUT2D eigenvalue weighted by atomic mass is 32.1. The van der Waals surface area contributed by atoms with E-state index in [-0.39, 0.29) is 6.04 Å². The van der Waals surface area contributed by atoms with Gasteiger partial charge >= 0.3 is 5.97 Å². The molecule has 0 saturated carbocycles. The van der Waals surface area contributed by atoms with Crippen LogP contribution in [0.4, 0.5) is 0 Å². The van der Waals surface area contributed by atoms with Gasteiger partial charge in [0.1, 0.15) is 6.04 Å². The minimum atomic E-state index is -1.04. The van der Waals surface area contributed by atoms with Gasteiger partial charge in [0.25, 0.3) is 5.91 Å². The average Bonchev–Trinajstić information content (AvgIpc) is 3.44. The van der Waals surface area contributed by atoms with Crippen LogP contribution in [0.2, 0.25) is 0 Å². The quantitative estimate of drug-likeness (QED) is 0.311. The van der Waals surface area contributed by atoms with E-state index in [0.717, 1.165) is 16.3 Å². The number of carbonyl (C=O) groups is 2. The number of amides is 1. The van der Waals surface area contributed by atoms with Gasteiger partial charge in [-0.05, 0) is 49.2 Å². The zero-order valence-corrected chi connectivity index (χ0v) is 18.8. The maximum Gasteiger partial charge on any atom is 0.326 e. The molecule has 2 aromatic heterocycles. The normalized spacial score (nSPS) is 12.9. The molecule has 1 amide bonds. The molecule has 0 spiro atoms. The van der Waals surface area contributed by atoms with Crippen molar-refractivity contribution >= 4 is 23.2 Å². The van der Waals surface area contributed by atoms with Gasteiger partial charge in [-0.3, -0.25) is 4.79 Å². The third-order valence-electron chi connectivity index (χ3n) is 5.29. The number of nitrogens with two attached hydrogens (primary N) is 1. The Morgan fingerprint density at radius 1 is 1.25 bits per heavy atom. The molecule has 170 valence electrons. The highest BCUT2D eigenvalue weighted by molar-refractivity contribution is 7.09. The van der Waals surface area contributed by atoms with E-state index >= 15 is 0 Å². The second kappa shape index (κ2) is 11.6. The van der Waals surface area contributed by atoms with Crippen LogP contribution in [0.5, 0.6) is 0 Å². The zero-order valence-electron chi connectivity index (χ0n) is 18.0. The molecule has 8 nitrogen and oxygen atoms in total. The molecular weight excluding hydrogens is 426 g/mol. The first-order valence-electron chi connectivity index (χ1n) is 10.5. The predicted octanol–water partition coefficient (Wildman–Crippen LogP) is 2.48. The summed E-state index contributed by atoms with van der Waals surface area (Å²) in [5.74, 6) is -1.45. The number of hydrogen-bond acceptors (Lipinski definition) is 6. The van der Waals surface area contributed by atoms with Gasteiger partial charge in [-0.2, -0.15) is 0 Å². The molecule has 3 rings (SSSR count). The molecule has 2 atom stereocenters. The standard InChI is InChI=1S/C23H29N5O3S/c1-28-12-3-4-18(28)15-25-10-2-5-20(23(30)31)27-22(29)17-8-6-16(7-9-17)19(24)14-21-26-11-13-32-21/h3-4,6-9,11-13,19-20,25H,2,5,10,14-15,24H2,1H3,(H,27,29)(H,30,31). The van der Waals surface area contributed by atoms with Crippen LogP contribution in [0.25, 0.3) is 0 Å². The second-order valence-corrected chi connectivity index (χ2v) is 8.63. The minimum Gasteiger partial charge on any atom is -0.480 e. The Labute approximate surface area is 191 Å². The molecule has 5 N–H and O–H groups in total. The summed E-state index contributed by atoms with van der Waals surface area (Å²) in [5.41, 5.74) is 8.69. The second-order valence-electron chi connectivity index (χ2n) is 7.65. The van der Waals surface area contributed by atoms with Crippen molar-refractivity contribution in [3.63, 3.8) is 0 Å². The zero-order chi connectivity index (χ0) is 22.9. The summed E-state index contributed by atoms with van der Waals surface area (Å²) in [5, 5.41) is 18.3. The number of carboxylic acids is 1. The van der Waals surface area contributed by atoms with E-state index in [0.29, 0.717) is 37.9 Å². The Bertz CT molecular complexity index is 1000. The van der Waals surface area contributed by atoms with E-state index in [4.69, 9.17) is 5.73 Å². The van der Waals surface area contributed by atoms with Gasteiger partial charge in [0.15, 0.2) is 0 Å². The molecule has 9 heteroatoms. The molecule has 3 aromatic rings. The van der Waals surface area contributed by atoms with E-state index in [1.165, 1.54) is 0 Å². The summed E-state index contributed by atoms with van der Waals surface area (Å²) in [6, 6.07) is 9.81. The number of carbonyl (C=O) groups excluding carboxylic acids is 1. The average molecular weight is 456 g/mol. The molecule has 0 fully saturated rings. The third kappa shape index (κ3) is 6.74. The van der Waals surface area contributed by atoms with Crippen molar-refractivity contribution < 1.29 is 14.7 Å². The van der Waals surface area contributed by atoms with Gasteiger partial charge < -0.3 is 26.0 Å². The van der Waals surface area contributed by atoms with Crippen molar-refractivity contribution in [2.45, 2.75) is 37.9 Å². The van der Waals surface area contributed by atoms with Gasteiger partial charge in [-0.15, -0.1) is 11.3 Å². The van der Waals surface area contributed by atoms with Crippen LogP contribution in [0, 0.1) is 0 Å². The number of nitrogens with zero attached hydrogens (tertiary/aromatic N) is 2. The first-order chi connectivity index (χ1) is 15.4. The monoisotopic (exact) mass is 455 g/mol. The van der Waals surface area contributed by atoms with Gasteiger partial charge in [0.05, 0.1) is 5.01 Å². The van der Waals surface area contributed by atoms with E-state index in [1.807, 2.05) is 35.3 Å². The number of hydrogen-bond donors (Lipinski definition) is 4. The molecule has 2 unspecified atom stereocenters. The van der Waals surface area contributed by atoms with Crippen LogP contribution in [0.1, 0.15) is 45.5 Å². The number of benzene rings is 1. The Morgan fingerprint density at radius 3 is 2.66 bits per heavy atom. The lowest BCUT2D eigenvalue weighted by Gasteiger charge is -2.16. The number of rotatable bonds is 12. The molecule has 0 aliphatic carbocycles. The van der Waals surface area contributed by atoms with Crippen molar-refractivity contribution in [2.75, 3.05) is 6.54 Å². The fraction of sp³-hybridized carbons (Fsp3) is 0.348. The van der Waals surface area contributed by atoms with Crippen LogP contribution in [0.15, 0.2) is 54.2 Å². The predicted molar refractivity (Wildman–Crippen MR) is 124 cm³/mol.